The number of nitrogens with one attached hydrogen (secondary N) is 2. The Morgan fingerprint density at radius 1 is 1.22 bits per heavy atom. The van der Waals surface area contributed by atoms with Gasteiger partial charge in [0, 0.05) is 29.4 Å². The number of ether oxygens (including phenoxy) is 1. The summed E-state index contributed by atoms with van der Waals surface area (Å²) < 4.78 is 82.4. The Morgan fingerprint density at radius 3 is 2.59 bits per heavy atom. The lowest BCUT2D eigenvalue weighted by molar-refractivity contribution is -0.0523. The van der Waals surface area contributed by atoms with Crippen molar-refractivity contribution >= 4 is 27.0 Å². The molecule has 3 aromatic rings. The highest BCUT2D eigenvalue weighted by molar-refractivity contribution is 7.92. The van der Waals surface area contributed by atoms with E-state index in [2.05, 4.69) is 14.7 Å². The van der Waals surface area contributed by atoms with Crippen molar-refractivity contribution in [2.75, 3.05) is 4.72 Å². The second-order valence-corrected chi connectivity index (χ2v) is 7.83. The van der Waals surface area contributed by atoms with Crippen molar-refractivity contribution < 1.29 is 30.7 Å². The molecule has 0 fully saturated rings. The lowest BCUT2D eigenvalue weighted by Gasteiger charge is -2.11. The standard InChI is InChI=1S/C15H11F4N3O3S2/c1-7-6-26-14(21-7)12-2-8(5-20-12)27(23,24)22-11-3-10(17)13(4-9(11)16)25-15(18)19/h2-6,15,20,22H,1H3. The lowest BCUT2D eigenvalue weighted by Crippen LogP contribution is -2.14. The summed E-state index contributed by atoms with van der Waals surface area (Å²) in [5.41, 5.74) is 0.443. The fraction of sp³-hybridized carbons (Fsp3) is 0.133. The minimum Gasteiger partial charge on any atom is -0.432 e. The zero-order chi connectivity index (χ0) is 19.8. The molecular formula is C15H11F4N3O3S2. The molecule has 3 rings (SSSR count). The van der Waals surface area contributed by atoms with Crippen LogP contribution in [0, 0.1) is 18.6 Å². The quantitative estimate of drug-likeness (QED) is 0.587. The number of nitrogens with zero attached hydrogens (tertiary/aromatic N) is 1. The Kier molecular flexibility index (Phi) is 5.11. The molecule has 0 saturated heterocycles. The minimum atomic E-state index is -4.27. The number of hydrogen-bond acceptors (Lipinski definition) is 5. The molecule has 0 atom stereocenters. The van der Waals surface area contributed by atoms with Gasteiger partial charge in [-0.2, -0.15) is 8.78 Å². The third-order valence-corrected chi connectivity index (χ3v) is 5.64. The van der Waals surface area contributed by atoms with Gasteiger partial charge in [-0.1, -0.05) is 0 Å². The number of alkyl halides is 2. The molecule has 0 amide bonds. The first-order chi connectivity index (χ1) is 12.7. The molecule has 0 radical (unpaired) electrons. The van der Waals surface area contributed by atoms with Crippen molar-refractivity contribution in [3.8, 4) is 16.5 Å². The van der Waals surface area contributed by atoms with Gasteiger partial charge in [-0.05, 0) is 13.0 Å². The average Bonchev–Trinajstić information content (AvgIpc) is 3.20. The summed E-state index contributed by atoms with van der Waals surface area (Å²) >= 11 is 1.30. The SMILES string of the molecule is Cc1csc(-c2cc(S(=O)(=O)Nc3cc(F)c(OC(F)F)cc3F)c[nH]2)n1. The van der Waals surface area contributed by atoms with Crippen LogP contribution in [0.25, 0.3) is 10.7 Å². The zero-order valence-electron chi connectivity index (χ0n) is 13.5. The normalized spacial score (nSPS) is 11.8. The van der Waals surface area contributed by atoms with Crippen LogP contribution < -0.4 is 9.46 Å². The summed E-state index contributed by atoms with van der Waals surface area (Å²) in [6, 6.07) is 2.03. The molecule has 0 aliphatic heterocycles. The van der Waals surface area contributed by atoms with Crippen LogP contribution in [0.15, 0.2) is 34.7 Å². The summed E-state index contributed by atoms with van der Waals surface area (Å²) in [5, 5.41) is 2.34. The number of aromatic nitrogens is 2. The third-order valence-electron chi connectivity index (χ3n) is 3.30. The fourth-order valence-electron chi connectivity index (χ4n) is 2.13. The van der Waals surface area contributed by atoms with Crippen LogP contribution >= 0.6 is 11.3 Å². The number of aromatic amines is 1. The van der Waals surface area contributed by atoms with Crippen LogP contribution in [0.5, 0.6) is 5.75 Å². The number of hydrogen-bond donors (Lipinski definition) is 2. The van der Waals surface area contributed by atoms with Gasteiger partial charge in [0.1, 0.15) is 9.90 Å². The molecule has 27 heavy (non-hydrogen) atoms. The van der Waals surface area contributed by atoms with Gasteiger partial charge in [-0.15, -0.1) is 11.3 Å². The van der Waals surface area contributed by atoms with Crippen LogP contribution in [-0.2, 0) is 10.0 Å². The van der Waals surface area contributed by atoms with Crippen LogP contribution in [0.4, 0.5) is 23.2 Å². The second-order valence-electron chi connectivity index (χ2n) is 5.29. The van der Waals surface area contributed by atoms with Gasteiger partial charge in [0.2, 0.25) is 0 Å². The second kappa shape index (κ2) is 7.19. The molecule has 6 nitrogen and oxygen atoms in total. The number of sulfonamides is 1. The summed E-state index contributed by atoms with van der Waals surface area (Å²) in [5.74, 6) is -3.65. The number of benzene rings is 1. The fourth-order valence-corrected chi connectivity index (χ4v) is 3.95. The van der Waals surface area contributed by atoms with Gasteiger partial charge in [0.05, 0.1) is 11.4 Å². The van der Waals surface area contributed by atoms with E-state index >= 15 is 0 Å². The lowest BCUT2D eigenvalue weighted by atomic mass is 10.3. The van der Waals surface area contributed by atoms with Crippen molar-refractivity contribution in [1.82, 2.24) is 9.97 Å². The number of halogens is 4. The summed E-state index contributed by atoms with van der Waals surface area (Å²) in [6.45, 7) is -1.57. The number of aryl methyl sites for hydroxylation is 1. The molecule has 2 N–H and O–H groups in total. The van der Waals surface area contributed by atoms with Gasteiger partial charge >= 0.3 is 6.61 Å². The first-order valence-corrected chi connectivity index (χ1v) is 9.59. The average molecular weight is 421 g/mol. The van der Waals surface area contributed by atoms with Crippen molar-refractivity contribution in [3.05, 3.63) is 47.1 Å². The molecular weight excluding hydrogens is 410 g/mol. The van der Waals surface area contributed by atoms with E-state index in [0.717, 1.165) is 11.9 Å². The van der Waals surface area contributed by atoms with E-state index in [1.807, 2.05) is 4.72 Å². The number of rotatable bonds is 6. The van der Waals surface area contributed by atoms with Gasteiger partial charge in [0.25, 0.3) is 10.0 Å². The minimum absolute atomic E-state index is 0.238. The highest BCUT2D eigenvalue weighted by Crippen LogP contribution is 2.29. The van der Waals surface area contributed by atoms with E-state index in [1.54, 1.807) is 12.3 Å². The van der Waals surface area contributed by atoms with Crippen molar-refractivity contribution in [2.24, 2.45) is 0 Å². The maximum Gasteiger partial charge on any atom is 0.387 e. The largest absolute Gasteiger partial charge is 0.432 e. The Morgan fingerprint density at radius 2 is 1.96 bits per heavy atom. The van der Waals surface area contributed by atoms with E-state index in [4.69, 9.17) is 0 Å². The highest BCUT2D eigenvalue weighted by atomic mass is 32.2. The van der Waals surface area contributed by atoms with Crippen LogP contribution in [-0.4, -0.2) is 25.0 Å². The first kappa shape index (κ1) is 19.2. The van der Waals surface area contributed by atoms with Crippen molar-refractivity contribution in [2.45, 2.75) is 18.4 Å². The Bertz CT molecular complexity index is 1080. The maximum atomic E-state index is 14.0. The van der Waals surface area contributed by atoms with E-state index in [1.165, 1.54) is 17.4 Å². The first-order valence-electron chi connectivity index (χ1n) is 7.23. The van der Waals surface area contributed by atoms with Gasteiger partial charge < -0.3 is 9.72 Å². The number of thiazole rings is 1. The van der Waals surface area contributed by atoms with Gasteiger partial charge in [0.15, 0.2) is 17.4 Å². The Hall–Kier alpha value is -2.60. The molecule has 0 aliphatic rings. The van der Waals surface area contributed by atoms with Gasteiger partial charge in [-0.3, -0.25) is 4.72 Å². The van der Waals surface area contributed by atoms with E-state index < -0.39 is 39.7 Å². The molecule has 2 aromatic heterocycles. The summed E-state index contributed by atoms with van der Waals surface area (Å²) in [4.78, 5) is 6.71. The molecule has 2 heterocycles. The van der Waals surface area contributed by atoms with E-state index in [-0.39, 0.29) is 4.90 Å². The molecule has 0 saturated carbocycles. The summed E-state index contributed by atoms with van der Waals surface area (Å²) in [6.07, 6.45) is 1.16. The predicted molar refractivity (Wildman–Crippen MR) is 90.4 cm³/mol. The predicted octanol–water partition coefficient (Wildman–Crippen LogP) is 4.13. The summed E-state index contributed by atoms with van der Waals surface area (Å²) in [7, 11) is -4.27. The number of anilines is 1. The van der Waals surface area contributed by atoms with Crippen LogP contribution in [0.1, 0.15) is 5.69 Å². The Labute approximate surface area is 154 Å². The van der Waals surface area contributed by atoms with Crippen LogP contribution in [0.3, 0.4) is 0 Å². The molecule has 0 aliphatic carbocycles. The van der Waals surface area contributed by atoms with Crippen molar-refractivity contribution in [3.63, 3.8) is 0 Å². The molecule has 12 heteroatoms. The Balaban J connectivity index is 1.87. The van der Waals surface area contributed by atoms with E-state index in [0.29, 0.717) is 22.8 Å². The van der Waals surface area contributed by atoms with Gasteiger partial charge in [-0.25, -0.2) is 22.2 Å². The smallest absolute Gasteiger partial charge is 0.387 e. The molecule has 0 unspecified atom stereocenters. The molecule has 144 valence electrons. The molecule has 0 spiro atoms. The van der Waals surface area contributed by atoms with Crippen LogP contribution in [0.2, 0.25) is 0 Å². The molecule has 1 aromatic carbocycles. The zero-order valence-corrected chi connectivity index (χ0v) is 15.1. The van der Waals surface area contributed by atoms with E-state index in [9.17, 15) is 26.0 Å². The highest BCUT2D eigenvalue weighted by Gasteiger charge is 2.21. The maximum absolute atomic E-state index is 14.0. The third kappa shape index (κ3) is 4.22. The topological polar surface area (TPSA) is 84.1 Å². The van der Waals surface area contributed by atoms with Crippen molar-refractivity contribution in [1.29, 1.82) is 0 Å². The molecule has 0 bridgehead atoms. The number of H-pyrrole nitrogens is 1. The monoisotopic (exact) mass is 421 g/mol.